The molecule has 0 atom stereocenters. The average Bonchev–Trinajstić information content (AvgIpc) is 2.72. The van der Waals surface area contributed by atoms with Crippen molar-refractivity contribution in [1.29, 1.82) is 0 Å². The van der Waals surface area contributed by atoms with E-state index >= 15 is 0 Å². The second-order valence-electron chi connectivity index (χ2n) is 4.06. The Morgan fingerprint density at radius 3 is 2.80 bits per heavy atom. The van der Waals surface area contributed by atoms with Gasteiger partial charge in [0, 0.05) is 16.3 Å². The number of rotatable bonds is 3. The summed E-state index contributed by atoms with van der Waals surface area (Å²) in [6.45, 7) is 0.580. The van der Waals surface area contributed by atoms with Crippen molar-refractivity contribution in [1.82, 2.24) is 0 Å². The van der Waals surface area contributed by atoms with Crippen molar-refractivity contribution in [3.8, 4) is 0 Å². The number of ether oxygens (including phenoxy) is 1. The van der Waals surface area contributed by atoms with Gasteiger partial charge in [0.1, 0.15) is 0 Å². The van der Waals surface area contributed by atoms with Gasteiger partial charge in [0.25, 0.3) is 0 Å². The molecule has 0 amide bonds. The Bertz CT molecular complexity index is 334. The zero-order valence-corrected chi connectivity index (χ0v) is 9.46. The molecule has 0 heterocycles. The van der Waals surface area contributed by atoms with Crippen molar-refractivity contribution in [3.63, 3.8) is 0 Å². The maximum atomic E-state index is 5.90. The van der Waals surface area contributed by atoms with Crippen LogP contribution in [0.15, 0.2) is 18.2 Å². The van der Waals surface area contributed by atoms with Gasteiger partial charge in [0.05, 0.1) is 12.7 Å². The van der Waals surface area contributed by atoms with Crippen molar-refractivity contribution in [2.45, 2.75) is 38.4 Å². The predicted molar refractivity (Wildman–Crippen MR) is 62.9 cm³/mol. The molecule has 2 nitrogen and oxygen atoms in total. The topological polar surface area (TPSA) is 35.2 Å². The molecule has 2 N–H and O–H groups in total. The number of anilines is 1. The highest BCUT2D eigenvalue weighted by Crippen LogP contribution is 2.24. The van der Waals surface area contributed by atoms with E-state index in [0.29, 0.717) is 17.7 Å². The molecule has 3 heteroatoms. The molecule has 2 rings (SSSR count). The normalized spacial score (nSPS) is 17.1. The monoisotopic (exact) mass is 225 g/mol. The van der Waals surface area contributed by atoms with Crippen LogP contribution < -0.4 is 5.73 Å². The molecular formula is C12H16ClNO. The van der Waals surface area contributed by atoms with E-state index in [1.165, 1.54) is 25.7 Å². The van der Waals surface area contributed by atoms with Crippen LogP contribution in [0.4, 0.5) is 5.69 Å². The highest BCUT2D eigenvalue weighted by molar-refractivity contribution is 6.30. The Balaban J connectivity index is 1.94. The van der Waals surface area contributed by atoms with Crippen molar-refractivity contribution >= 4 is 17.3 Å². The number of halogens is 1. The summed E-state index contributed by atoms with van der Waals surface area (Å²) in [5, 5.41) is 0.717. The quantitative estimate of drug-likeness (QED) is 0.801. The summed E-state index contributed by atoms with van der Waals surface area (Å²) in [7, 11) is 0. The number of hydrogen-bond acceptors (Lipinski definition) is 2. The molecule has 0 radical (unpaired) electrons. The minimum Gasteiger partial charge on any atom is -0.398 e. The summed E-state index contributed by atoms with van der Waals surface area (Å²) in [4.78, 5) is 0. The molecule has 1 aromatic carbocycles. The summed E-state index contributed by atoms with van der Waals surface area (Å²) in [5.41, 5.74) is 7.59. The van der Waals surface area contributed by atoms with Crippen LogP contribution in [-0.4, -0.2) is 6.10 Å². The minimum absolute atomic E-state index is 0.420. The first-order chi connectivity index (χ1) is 7.25. The largest absolute Gasteiger partial charge is 0.398 e. The lowest BCUT2D eigenvalue weighted by molar-refractivity contribution is 0.0460. The highest BCUT2D eigenvalue weighted by atomic mass is 35.5. The van der Waals surface area contributed by atoms with E-state index in [4.69, 9.17) is 22.1 Å². The summed E-state index contributed by atoms with van der Waals surface area (Å²) in [6, 6.07) is 5.51. The fourth-order valence-electron chi connectivity index (χ4n) is 1.96. The second kappa shape index (κ2) is 4.86. The van der Waals surface area contributed by atoms with E-state index in [1.807, 2.05) is 12.1 Å². The summed E-state index contributed by atoms with van der Waals surface area (Å²) < 4.78 is 5.79. The molecule has 0 saturated heterocycles. The van der Waals surface area contributed by atoms with Gasteiger partial charge in [0.15, 0.2) is 0 Å². The number of nitrogens with two attached hydrogens (primary N) is 1. The van der Waals surface area contributed by atoms with Crippen LogP contribution in [0.25, 0.3) is 0 Å². The lowest BCUT2D eigenvalue weighted by Gasteiger charge is -2.12. The maximum Gasteiger partial charge on any atom is 0.0741 e. The fourth-order valence-corrected chi connectivity index (χ4v) is 2.16. The van der Waals surface area contributed by atoms with E-state index in [9.17, 15) is 0 Å². The van der Waals surface area contributed by atoms with Crippen molar-refractivity contribution in [2.24, 2.45) is 0 Å². The van der Waals surface area contributed by atoms with Crippen LogP contribution in [0.1, 0.15) is 31.2 Å². The van der Waals surface area contributed by atoms with Crippen LogP contribution in [-0.2, 0) is 11.3 Å². The van der Waals surface area contributed by atoms with Gasteiger partial charge in [-0.05, 0) is 31.0 Å². The van der Waals surface area contributed by atoms with Gasteiger partial charge in [0.2, 0.25) is 0 Å². The number of hydrogen-bond donors (Lipinski definition) is 1. The second-order valence-corrected chi connectivity index (χ2v) is 4.50. The Morgan fingerprint density at radius 2 is 2.07 bits per heavy atom. The van der Waals surface area contributed by atoms with Crippen LogP contribution in [0.2, 0.25) is 5.02 Å². The van der Waals surface area contributed by atoms with E-state index < -0.39 is 0 Å². The highest BCUT2D eigenvalue weighted by Gasteiger charge is 2.15. The number of benzene rings is 1. The van der Waals surface area contributed by atoms with Crippen LogP contribution in [0, 0.1) is 0 Å². The molecule has 15 heavy (non-hydrogen) atoms. The first kappa shape index (κ1) is 10.8. The molecule has 1 fully saturated rings. The predicted octanol–water partition coefficient (Wildman–Crippen LogP) is 3.38. The summed E-state index contributed by atoms with van der Waals surface area (Å²) in [5.74, 6) is 0. The van der Waals surface area contributed by atoms with Crippen molar-refractivity contribution < 1.29 is 4.74 Å². The first-order valence-electron chi connectivity index (χ1n) is 5.41. The molecule has 0 bridgehead atoms. The van der Waals surface area contributed by atoms with Crippen LogP contribution in [0.3, 0.4) is 0 Å². The van der Waals surface area contributed by atoms with Gasteiger partial charge in [-0.15, -0.1) is 0 Å². The third-order valence-corrected chi connectivity index (χ3v) is 3.12. The molecule has 82 valence electrons. The molecular weight excluding hydrogens is 210 g/mol. The average molecular weight is 226 g/mol. The zero-order valence-electron chi connectivity index (χ0n) is 8.71. The van der Waals surface area contributed by atoms with E-state index in [2.05, 4.69) is 0 Å². The minimum atomic E-state index is 0.420. The lowest BCUT2D eigenvalue weighted by atomic mass is 10.2. The standard InChI is InChI=1S/C12H16ClNO/c13-10-5-6-12(14)9(7-10)8-15-11-3-1-2-4-11/h5-7,11H,1-4,8,14H2. The third-order valence-electron chi connectivity index (χ3n) is 2.88. The summed E-state index contributed by atoms with van der Waals surface area (Å²) >= 11 is 5.90. The molecule has 0 aliphatic heterocycles. The Labute approximate surface area is 95.4 Å². The molecule has 1 aliphatic carbocycles. The van der Waals surface area contributed by atoms with E-state index in [1.54, 1.807) is 6.07 Å². The summed E-state index contributed by atoms with van der Waals surface area (Å²) in [6.07, 6.45) is 5.36. The van der Waals surface area contributed by atoms with Gasteiger partial charge in [-0.1, -0.05) is 24.4 Å². The molecule has 1 aliphatic rings. The SMILES string of the molecule is Nc1ccc(Cl)cc1COC1CCCC1. The maximum absolute atomic E-state index is 5.90. The van der Waals surface area contributed by atoms with E-state index in [0.717, 1.165) is 11.3 Å². The van der Waals surface area contributed by atoms with Gasteiger partial charge in [-0.25, -0.2) is 0 Å². The molecule has 1 aromatic rings. The number of nitrogen functional groups attached to an aromatic ring is 1. The zero-order chi connectivity index (χ0) is 10.7. The van der Waals surface area contributed by atoms with Crippen LogP contribution in [0.5, 0.6) is 0 Å². The van der Waals surface area contributed by atoms with Gasteiger partial charge >= 0.3 is 0 Å². The molecule has 0 spiro atoms. The smallest absolute Gasteiger partial charge is 0.0741 e. The Morgan fingerprint density at radius 1 is 1.33 bits per heavy atom. The molecule has 0 unspecified atom stereocenters. The van der Waals surface area contributed by atoms with Gasteiger partial charge in [-0.3, -0.25) is 0 Å². The first-order valence-corrected chi connectivity index (χ1v) is 5.79. The van der Waals surface area contributed by atoms with Gasteiger partial charge in [-0.2, -0.15) is 0 Å². The Hall–Kier alpha value is -0.730. The Kier molecular flexibility index (Phi) is 3.49. The van der Waals surface area contributed by atoms with Crippen molar-refractivity contribution in [2.75, 3.05) is 5.73 Å². The van der Waals surface area contributed by atoms with E-state index in [-0.39, 0.29) is 0 Å². The fraction of sp³-hybridized carbons (Fsp3) is 0.500. The molecule has 1 saturated carbocycles. The van der Waals surface area contributed by atoms with Crippen molar-refractivity contribution in [3.05, 3.63) is 28.8 Å². The lowest BCUT2D eigenvalue weighted by Crippen LogP contribution is -2.08. The van der Waals surface area contributed by atoms with Crippen LogP contribution >= 0.6 is 11.6 Å². The van der Waals surface area contributed by atoms with Gasteiger partial charge < -0.3 is 10.5 Å². The third kappa shape index (κ3) is 2.86. The molecule has 0 aromatic heterocycles.